The van der Waals surface area contributed by atoms with Gasteiger partial charge in [-0.1, -0.05) is 109 Å². The quantitative estimate of drug-likeness (QED) is 0.0835. The zero-order valence-electron chi connectivity index (χ0n) is 22.8. The van der Waals surface area contributed by atoms with Gasteiger partial charge in [0.1, 0.15) is 12.2 Å². The molecule has 6 heteroatoms. The fraction of sp³-hybridized carbons (Fsp3) is 0.897. The molecule has 0 bridgehead atoms. The number of hydrogen-bond acceptors (Lipinski definition) is 5. The van der Waals surface area contributed by atoms with E-state index in [1.54, 1.807) is 0 Å². The fourth-order valence-electron chi connectivity index (χ4n) is 4.28. The van der Waals surface area contributed by atoms with Crippen LogP contribution in [0.5, 0.6) is 0 Å². The zero-order valence-corrected chi connectivity index (χ0v) is 22.8. The van der Waals surface area contributed by atoms with Crippen molar-refractivity contribution in [1.29, 1.82) is 0 Å². The zero-order chi connectivity index (χ0) is 26.2. The Labute approximate surface area is 215 Å². The highest BCUT2D eigenvalue weighted by atomic mass is 16.3. The van der Waals surface area contributed by atoms with Gasteiger partial charge in [-0.05, 0) is 38.5 Å². The molecular formula is C29H57NO5. The molecule has 0 aliphatic rings. The van der Waals surface area contributed by atoms with E-state index in [1.165, 1.54) is 51.4 Å². The number of allylic oxidation sites excluding steroid dienone is 2. The number of hydrogen-bond donors (Lipinski definition) is 5. The fourth-order valence-corrected chi connectivity index (χ4v) is 4.28. The molecule has 0 heterocycles. The summed E-state index contributed by atoms with van der Waals surface area (Å²) in [6, 6.07) is -0.981. The van der Waals surface area contributed by atoms with Crippen LogP contribution in [0.15, 0.2) is 12.2 Å². The summed E-state index contributed by atoms with van der Waals surface area (Å²) < 4.78 is 0. The van der Waals surface area contributed by atoms with Gasteiger partial charge in [-0.25, -0.2) is 0 Å². The first-order valence-electron chi connectivity index (χ1n) is 14.6. The van der Waals surface area contributed by atoms with Gasteiger partial charge in [0.25, 0.3) is 0 Å². The predicted molar refractivity (Wildman–Crippen MR) is 145 cm³/mol. The number of unbranched alkanes of at least 4 members (excludes halogenated alkanes) is 14. The van der Waals surface area contributed by atoms with Gasteiger partial charge in [-0.2, -0.15) is 0 Å². The van der Waals surface area contributed by atoms with E-state index in [9.17, 15) is 25.2 Å². The maximum atomic E-state index is 12.3. The normalized spacial score (nSPS) is 15.3. The standard InChI is InChI=1S/C29H57NO5/c1-3-5-7-9-11-13-14-15-17-19-21-23-27(33)29(35)30-25(24-31)28(34)26(32)22-20-18-16-12-10-8-6-4-2/h11,13,25-28,31-34H,3-10,12,14-24H2,1-2H3,(H,30,35)/b13-11-. The van der Waals surface area contributed by atoms with E-state index in [0.29, 0.717) is 12.8 Å². The highest BCUT2D eigenvalue weighted by Crippen LogP contribution is 2.14. The summed E-state index contributed by atoms with van der Waals surface area (Å²) in [5, 5.41) is 42.9. The van der Waals surface area contributed by atoms with Crippen molar-refractivity contribution < 1.29 is 25.2 Å². The number of aliphatic hydroxyl groups is 4. The second kappa shape index (κ2) is 24.7. The van der Waals surface area contributed by atoms with Gasteiger partial charge in [-0.3, -0.25) is 4.79 Å². The van der Waals surface area contributed by atoms with Crippen molar-refractivity contribution in [1.82, 2.24) is 5.32 Å². The van der Waals surface area contributed by atoms with E-state index in [-0.39, 0.29) is 0 Å². The van der Waals surface area contributed by atoms with Crippen LogP contribution in [-0.4, -0.2) is 57.3 Å². The van der Waals surface area contributed by atoms with Crippen molar-refractivity contribution in [3.63, 3.8) is 0 Å². The van der Waals surface area contributed by atoms with Gasteiger partial charge in [0.2, 0.25) is 5.91 Å². The third-order valence-electron chi connectivity index (χ3n) is 6.73. The van der Waals surface area contributed by atoms with Crippen molar-refractivity contribution in [2.24, 2.45) is 0 Å². The third-order valence-corrected chi connectivity index (χ3v) is 6.73. The maximum absolute atomic E-state index is 12.3. The van der Waals surface area contributed by atoms with Gasteiger partial charge in [0, 0.05) is 0 Å². The Kier molecular flexibility index (Phi) is 24.1. The van der Waals surface area contributed by atoms with Crippen LogP contribution >= 0.6 is 0 Å². The number of nitrogens with one attached hydrogen (secondary N) is 1. The maximum Gasteiger partial charge on any atom is 0.249 e. The summed E-state index contributed by atoms with van der Waals surface area (Å²) in [7, 11) is 0. The third kappa shape index (κ3) is 19.9. The first-order chi connectivity index (χ1) is 17.0. The minimum Gasteiger partial charge on any atom is -0.394 e. The largest absolute Gasteiger partial charge is 0.394 e. The van der Waals surface area contributed by atoms with Crippen LogP contribution in [0.4, 0.5) is 0 Å². The first-order valence-corrected chi connectivity index (χ1v) is 14.6. The van der Waals surface area contributed by atoms with Crippen molar-refractivity contribution in [2.75, 3.05) is 6.61 Å². The van der Waals surface area contributed by atoms with Crippen LogP contribution in [-0.2, 0) is 4.79 Å². The van der Waals surface area contributed by atoms with Crippen LogP contribution in [0.1, 0.15) is 136 Å². The minimum absolute atomic E-state index is 0.355. The Balaban J connectivity index is 3.97. The van der Waals surface area contributed by atoms with Crippen molar-refractivity contribution >= 4 is 5.91 Å². The molecule has 208 valence electrons. The number of rotatable bonds is 25. The van der Waals surface area contributed by atoms with E-state index in [4.69, 9.17) is 0 Å². The van der Waals surface area contributed by atoms with Gasteiger partial charge in [0.05, 0.1) is 18.8 Å². The second-order valence-electron chi connectivity index (χ2n) is 10.1. The molecular weight excluding hydrogens is 442 g/mol. The van der Waals surface area contributed by atoms with Crippen molar-refractivity contribution in [2.45, 2.75) is 160 Å². The smallest absolute Gasteiger partial charge is 0.249 e. The molecule has 4 unspecified atom stereocenters. The lowest BCUT2D eigenvalue weighted by atomic mass is 9.99. The summed E-state index contributed by atoms with van der Waals surface area (Å²) in [5.41, 5.74) is 0. The lowest BCUT2D eigenvalue weighted by Gasteiger charge is -2.27. The number of amides is 1. The Bertz CT molecular complexity index is 499. The van der Waals surface area contributed by atoms with Crippen LogP contribution < -0.4 is 5.32 Å². The molecule has 6 nitrogen and oxygen atoms in total. The van der Waals surface area contributed by atoms with Crippen LogP contribution in [0, 0.1) is 0 Å². The summed E-state index contributed by atoms with van der Waals surface area (Å²) in [5.74, 6) is -0.600. The molecule has 4 atom stereocenters. The average Bonchev–Trinajstić information content (AvgIpc) is 2.86. The molecule has 0 aliphatic carbocycles. The van der Waals surface area contributed by atoms with E-state index in [0.717, 1.165) is 57.8 Å². The molecule has 35 heavy (non-hydrogen) atoms. The predicted octanol–water partition coefficient (Wildman–Crippen LogP) is 5.55. The number of carbonyl (C=O) groups excluding carboxylic acids is 1. The van der Waals surface area contributed by atoms with E-state index in [1.807, 2.05) is 0 Å². The monoisotopic (exact) mass is 499 g/mol. The molecule has 5 N–H and O–H groups in total. The summed E-state index contributed by atoms with van der Waals surface area (Å²) in [4.78, 5) is 12.3. The highest BCUT2D eigenvalue weighted by molar-refractivity contribution is 5.80. The SMILES string of the molecule is CCCCC/C=C\CCCCCCC(O)C(=O)NC(CO)C(O)C(O)CCCCCCCCCC. The molecule has 0 saturated carbocycles. The Hall–Kier alpha value is -0.950. The molecule has 0 fully saturated rings. The van der Waals surface area contributed by atoms with Crippen LogP contribution in [0.25, 0.3) is 0 Å². The molecule has 0 aromatic rings. The van der Waals surface area contributed by atoms with Crippen LogP contribution in [0.2, 0.25) is 0 Å². The van der Waals surface area contributed by atoms with Gasteiger partial charge >= 0.3 is 0 Å². The average molecular weight is 500 g/mol. The lowest BCUT2D eigenvalue weighted by molar-refractivity contribution is -0.132. The van der Waals surface area contributed by atoms with E-state index < -0.39 is 36.9 Å². The van der Waals surface area contributed by atoms with Crippen molar-refractivity contribution in [3.8, 4) is 0 Å². The van der Waals surface area contributed by atoms with Gasteiger partial charge in [-0.15, -0.1) is 0 Å². The first kappa shape index (κ1) is 34.0. The molecule has 1 amide bonds. The number of aliphatic hydroxyl groups excluding tert-OH is 4. The van der Waals surface area contributed by atoms with Gasteiger partial charge in [0.15, 0.2) is 0 Å². The Morgan fingerprint density at radius 1 is 0.686 bits per heavy atom. The molecule has 0 aromatic heterocycles. The minimum atomic E-state index is -1.25. The summed E-state index contributed by atoms with van der Waals surface area (Å²) >= 11 is 0. The van der Waals surface area contributed by atoms with Crippen LogP contribution in [0.3, 0.4) is 0 Å². The Morgan fingerprint density at radius 3 is 1.71 bits per heavy atom. The molecule has 0 radical (unpaired) electrons. The molecule has 0 rings (SSSR count). The van der Waals surface area contributed by atoms with Gasteiger partial charge < -0.3 is 25.7 Å². The topological polar surface area (TPSA) is 110 Å². The summed E-state index contributed by atoms with van der Waals surface area (Å²) in [6.45, 7) is 3.93. The molecule has 0 spiro atoms. The molecule has 0 aliphatic heterocycles. The second-order valence-corrected chi connectivity index (χ2v) is 10.1. The van der Waals surface area contributed by atoms with E-state index >= 15 is 0 Å². The molecule has 0 aromatic carbocycles. The molecule has 0 saturated heterocycles. The van der Waals surface area contributed by atoms with E-state index in [2.05, 4.69) is 31.3 Å². The van der Waals surface area contributed by atoms with Crippen molar-refractivity contribution in [3.05, 3.63) is 12.2 Å². The number of carbonyl (C=O) groups is 1. The Morgan fingerprint density at radius 2 is 1.14 bits per heavy atom. The lowest BCUT2D eigenvalue weighted by Crippen LogP contribution is -2.53. The summed E-state index contributed by atoms with van der Waals surface area (Å²) in [6.07, 6.45) is 21.0. The highest BCUT2D eigenvalue weighted by Gasteiger charge is 2.28.